The Labute approximate surface area is 199 Å². The number of anilines is 1. The normalized spacial score (nSPS) is 19.6. The fourth-order valence-electron chi connectivity index (χ4n) is 4.16. The molecule has 1 aromatic heterocycles. The van der Waals surface area contributed by atoms with Crippen molar-refractivity contribution in [3.63, 3.8) is 0 Å². The van der Waals surface area contributed by atoms with Gasteiger partial charge in [-0.2, -0.15) is 22.7 Å². The highest BCUT2D eigenvalue weighted by Gasteiger charge is 2.71. The third-order valence-corrected chi connectivity index (χ3v) is 6.00. The van der Waals surface area contributed by atoms with Gasteiger partial charge in [-0.25, -0.2) is 8.78 Å². The van der Waals surface area contributed by atoms with E-state index in [0.29, 0.717) is 0 Å². The summed E-state index contributed by atoms with van der Waals surface area (Å²) in [4.78, 5) is 12.5. The van der Waals surface area contributed by atoms with Crippen molar-refractivity contribution in [2.24, 2.45) is 13.0 Å². The number of rotatable bonds is 9. The number of nitrogens with zero attached hydrogens (tertiary/aromatic N) is 2. The zero-order valence-corrected chi connectivity index (χ0v) is 19.0. The largest absolute Gasteiger partial charge is 0.573 e. The Bertz CT molecular complexity index is 1080. The second kappa shape index (κ2) is 9.85. The molecule has 3 rings (SSSR count). The highest BCUT2D eigenvalue weighted by Crippen LogP contribution is 2.56. The zero-order valence-electron chi connectivity index (χ0n) is 19.0. The molecule has 1 heterocycles. The molecule has 0 aliphatic heterocycles. The van der Waals surface area contributed by atoms with Crippen molar-refractivity contribution in [2.45, 2.75) is 63.2 Å². The van der Waals surface area contributed by atoms with Crippen LogP contribution in [0.3, 0.4) is 0 Å². The molecule has 0 bridgehead atoms. The van der Waals surface area contributed by atoms with Gasteiger partial charge >= 0.3 is 18.2 Å². The van der Waals surface area contributed by atoms with Crippen LogP contribution in [0.4, 0.5) is 45.3 Å². The van der Waals surface area contributed by atoms with E-state index >= 15 is 0 Å². The zero-order chi connectivity index (χ0) is 27.1. The summed E-state index contributed by atoms with van der Waals surface area (Å²) in [6, 6.07) is 4.41. The summed E-state index contributed by atoms with van der Waals surface area (Å²) < 4.78 is 122. The molecular formula is C22H22F9N3O2. The van der Waals surface area contributed by atoms with Crippen molar-refractivity contribution in [2.75, 3.05) is 5.32 Å². The van der Waals surface area contributed by atoms with Gasteiger partial charge in [0.15, 0.2) is 0 Å². The molecule has 0 spiro atoms. The molecule has 1 aromatic carbocycles. The fraction of sp³-hybridized carbons (Fsp3) is 0.545. The Morgan fingerprint density at radius 2 is 1.81 bits per heavy atom. The number of aryl methyl sites for hydroxylation is 1. The number of hydrogen-bond donors (Lipinski definition) is 1. The molecule has 200 valence electrons. The molecule has 1 N–H and O–H groups in total. The maximum atomic E-state index is 13.6. The first kappa shape index (κ1) is 27.7. The van der Waals surface area contributed by atoms with E-state index in [1.807, 2.05) is 0 Å². The number of aromatic nitrogens is 2. The van der Waals surface area contributed by atoms with Gasteiger partial charge in [-0.05, 0) is 36.6 Å². The molecule has 1 fully saturated rings. The van der Waals surface area contributed by atoms with Crippen LogP contribution in [0.25, 0.3) is 11.3 Å². The topological polar surface area (TPSA) is 56.1 Å². The molecule has 5 nitrogen and oxygen atoms in total. The van der Waals surface area contributed by atoms with Gasteiger partial charge in [0.25, 0.3) is 0 Å². The first-order valence-corrected chi connectivity index (χ1v) is 10.8. The van der Waals surface area contributed by atoms with E-state index in [4.69, 9.17) is 0 Å². The number of carbonyl (C=O) groups is 1. The average Bonchev–Trinajstić information content (AvgIpc) is 3.06. The van der Waals surface area contributed by atoms with Crippen molar-refractivity contribution in [1.82, 2.24) is 9.78 Å². The van der Waals surface area contributed by atoms with Crippen LogP contribution in [0.15, 0.2) is 24.3 Å². The van der Waals surface area contributed by atoms with Crippen LogP contribution in [0.5, 0.6) is 5.75 Å². The molecule has 1 amide bonds. The Hall–Kier alpha value is -2.93. The van der Waals surface area contributed by atoms with E-state index in [9.17, 15) is 44.3 Å². The average molecular weight is 531 g/mol. The summed E-state index contributed by atoms with van der Waals surface area (Å²) in [5, 5.41) is 6.53. The fourth-order valence-corrected chi connectivity index (χ4v) is 4.16. The summed E-state index contributed by atoms with van der Waals surface area (Å²) in [5.41, 5.74) is 0.400. The standard InChI is InChI=1S/C22H22F9N3O2/c1-3-11(8-15(23)24)17-18(12-4-6-14(7-5-12)36-22(29,30)31)33-34(2)19(17)32-16(35)9-13-10-20(25,26)21(13,27)28/h4-7,11,13,15H,3,8-10H2,1-2H3,(H,32,35)/t11?,13-/m0/s1. The van der Waals surface area contributed by atoms with E-state index in [-0.39, 0.29) is 29.1 Å². The maximum absolute atomic E-state index is 13.6. The highest BCUT2D eigenvalue weighted by atomic mass is 19.4. The number of hydrogen-bond acceptors (Lipinski definition) is 3. The number of halogens is 9. The Morgan fingerprint density at radius 3 is 2.28 bits per heavy atom. The third kappa shape index (κ3) is 5.72. The van der Waals surface area contributed by atoms with Crippen LogP contribution in [0.2, 0.25) is 0 Å². The van der Waals surface area contributed by atoms with E-state index < -0.39 is 67.4 Å². The third-order valence-electron chi connectivity index (χ3n) is 6.00. The second-order valence-electron chi connectivity index (χ2n) is 8.52. The SMILES string of the molecule is CCC(CC(F)F)c1c(-c2ccc(OC(F)(F)F)cc2)nn(C)c1NC(=O)C[C@H]1CC(F)(F)C1(F)F. The molecule has 1 aliphatic carbocycles. The van der Waals surface area contributed by atoms with E-state index in [0.717, 1.165) is 16.8 Å². The number of benzene rings is 1. The minimum Gasteiger partial charge on any atom is -0.406 e. The lowest BCUT2D eigenvalue weighted by Crippen LogP contribution is -2.59. The first-order chi connectivity index (χ1) is 16.6. The van der Waals surface area contributed by atoms with Gasteiger partial charge < -0.3 is 10.1 Å². The minimum atomic E-state index is -4.93. The van der Waals surface area contributed by atoms with Gasteiger partial charge in [0.05, 0.1) is 5.69 Å². The quantitative estimate of drug-likeness (QED) is 0.364. The molecule has 2 atom stereocenters. The van der Waals surface area contributed by atoms with Crippen molar-refractivity contribution >= 4 is 11.7 Å². The van der Waals surface area contributed by atoms with Gasteiger partial charge in [0.1, 0.15) is 11.6 Å². The molecular weight excluding hydrogens is 509 g/mol. The Kier molecular flexibility index (Phi) is 7.56. The predicted octanol–water partition coefficient (Wildman–Crippen LogP) is 6.75. The molecule has 0 saturated heterocycles. The van der Waals surface area contributed by atoms with Crippen molar-refractivity contribution in [3.05, 3.63) is 29.8 Å². The van der Waals surface area contributed by atoms with Crippen LogP contribution in [-0.4, -0.2) is 40.3 Å². The van der Waals surface area contributed by atoms with Gasteiger partial charge in [0, 0.05) is 43.4 Å². The second-order valence-corrected chi connectivity index (χ2v) is 8.52. The van der Waals surface area contributed by atoms with Crippen molar-refractivity contribution < 1.29 is 49.0 Å². The van der Waals surface area contributed by atoms with Crippen molar-refractivity contribution in [3.8, 4) is 17.0 Å². The van der Waals surface area contributed by atoms with Gasteiger partial charge in [0.2, 0.25) is 12.3 Å². The lowest BCUT2D eigenvalue weighted by Gasteiger charge is -2.43. The molecule has 14 heteroatoms. The smallest absolute Gasteiger partial charge is 0.406 e. The number of amides is 1. The predicted molar refractivity (Wildman–Crippen MR) is 110 cm³/mol. The summed E-state index contributed by atoms with van der Waals surface area (Å²) in [7, 11) is 1.34. The lowest BCUT2D eigenvalue weighted by molar-refractivity contribution is -0.313. The highest BCUT2D eigenvalue weighted by molar-refractivity contribution is 5.92. The number of ether oxygens (including phenoxy) is 1. The molecule has 2 aromatic rings. The summed E-state index contributed by atoms with van der Waals surface area (Å²) in [5.74, 6) is -13.0. The van der Waals surface area contributed by atoms with Crippen LogP contribution in [0, 0.1) is 5.92 Å². The van der Waals surface area contributed by atoms with Crippen molar-refractivity contribution in [1.29, 1.82) is 0 Å². The Balaban J connectivity index is 1.94. The van der Waals surface area contributed by atoms with Crippen LogP contribution < -0.4 is 10.1 Å². The van der Waals surface area contributed by atoms with Gasteiger partial charge in [-0.3, -0.25) is 9.48 Å². The summed E-state index contributed by atoms with van der Waals surface area (Å²) >= 11 is 0. The molecule has 1 unspecified atom stereocenters. The monoisotopic (exact) mass is 531 g/mol. The minimum absolute atomic E-state index is 0.0689. The molecule has 1 saturated carbocycles. The lowest BCUT2D eigenvalue weighted by atomic mass is 9.74. The number of alkyl halides is 9. The van der Waals surface area contributed by atoms with E-state index in [2.05, 4.69) is 15.2 Å². The van der Waals surface area contributed by atoms with Gasteiger partial charge in [-0.1, -0.05) is 6.92 Å². The molecule has 36 heavy (non-hydrogen) atoms. The van der Waals surface area contributed by atoms with Gasteiger partial charge in [-0.15, -0.1) is 13.2 Å². The Morgan fingerprint density at radius 1 is 1.19 bits per heavy atom. The summed E-state index contributed by atoms with van der Waals surface area (Å²) in [6.07, 6.45) is -10.3. The number of carbonyl (C=O) groups excluding carboxylic acids is 1. The molecule has 1 aliphatic rings. The summed E-state index contributed by atoms with van der Waals surface area (Å²) in [6.45, 7) is 1.59. The van der Waals surface area contributed by atoms with Crippen LogP contribution in [0.1, 0.15) is 44.1 Å². The first-order valence-electron chi connectivity index (χ1n) is 10.8. The van der Waals surface area contributed by atoms with Crippen LogP contribution in [-0.2, 0) is 11.8 Å². The molecule has 0 radical (unpaired) electrons. The van der Waals surface area contributed by atoms with E-state index in [1.54, 1.807) is 6.92 Å². The number of nitrogens with one attached hydrogen (secondary N) is 1. The van der Waals surface area contributed by atoms with Crippen LogP contribution >= 0.6 is 0 Å². The van der Waals surface area contributed by atoms with E-state index in [1.165, 1.54) is 19.2 Å². The maximum Gasteiger partial charge on any atom is 0.573 e.